The van der Waals surface area contributed by atoms with Crippen molar-refractivity contribution in [1.82, 2.24) is 0 Å². The quantitative estimate of drug-likeness (QED) is 0.781. The standard InChI is InChI=1S/C20H17F3N2O2S/c21-20(22,23)13-5-7-16-15(9-13)25-19(27)17(28-16)10-18(26)24-14-6-4-11-2-1-3-12(11)8-14/h4-9,17H,1-3,10H2,(H,24,26)(H,25,27). The van der Waals surface area contributed by atoms with Gasteiger partial charge in [0.05, 0.1) is 16.5 Å². The first kappa shape index (κ1) is 18.9. The van der Waals surface area contributed by atoms with Gasteiger partial charge in [0.15, 0.2) is 0 Å². The number of hydrogen-bond donors (Lipinski definition) is 2. The Morgan fingerprint density at radius 1 is 1.14 bits per heavy atom. The van der Waals surface area contributed by atoms with E-state index in [2.05, 4.69) is 10.6 Å². The zero-order valence-electron chi connectivity index (χ0n) is 14.7. The molecule has 2 aromatic carbocycles. The number of amides is 2. The molecule has 1 aliphatic carbocycles. The van der Waals surface area contributed by atoms with E-state index in [9.17, 15) is 22.8 Å². The Bertz CT molecular complexity index is 959. The molecule has 146 valence electrons. The van der Waals surface area contributed by atoms with Crippen molar-refractivity contribution in [2.75, 3.05) is 10.6 Å². The SMILES string of the molecule is O=C(CC1Sc2ccc(C(F)(F)F)cc2NC1=O)Nc1ccc2c(c1)CCC2. The second-order valence-electron chi connectivity index (χ2n) is 6.89. The predicted molar refractivity (Wildman–Crippen MR) is 101 cm³/mol. The fourth-order valence-electron chi connectivity index (χ4n) is 3.49. The van der Waals surface area contributed by atoms with Crippen molar-refractivity contribution in [3.63, 3.8) is 0 Å². The van der Waals surface area contributed by atoms with Crippen molar-refractivity contribution in [2.24, 2.45) is 0 Å². The van der Waals surface area contributed by atoms with Crippen LogP contribution in [0.1, 0.15) is 29.5 Å². The molecule has 4 rings (SSSR count). The van der Waals surface area contributed by atoms with E-state index in [-0.39, 0.29) is 18.0 Å². The Hall–Kier alpha value is -2.48. The molecule has 1 heterocycles. The number of anilines is 2. The van der Waals surface area contributed by atoms with Gasteiger partial charge in [0, 0.05) is 17.0 Å². The summed E-state index contributed by atoms with van der Waals surface area (Å²) in [5, 5.41) is 4.60. The number of benzene rings is 2. The summed E-state index contributed by atoms with van der Waals surface area (Å²) >= 11 is 1.10. The molecule has 0 radical (unpaired) electrons. The average Bonchev–Trinajstić information content (AvgIpc) is 3.09. The summed E-state index contributed by atoms with van der Waals surface area (Å²) in [5.41, 5.74) is 2.54. The first-order valence-electron chi connectivity index (χ1n) is 8.90. The summed E-state index contributed by atoms with van der Waals surface area (Å²) in [6, 6.07) is 9.04. The third-order valence-corrected chi connectivity index (χ3v) is 6.15. The minimum atomic E-state index is -4.48. The highest BCUT2D eigenvalue weighted by atomic mass is 32.2. The van der Waals surface area contributed by atoms with Crippen molar-refractivity contribution in [3.05, 3.63) is 53.1 Å². The Balaban J connectivity index is 1.43. The summed E-state index contributed by atoms with van der Waals surface area (Å²) in [6.45, 7) is 0. The van der Waals surface area contributed by atoms with Gasteiger partial charge in [0.1, 0.15) is 0 Å². The van der Waals surface area contributed by atoms with E-state index in [1.807, 2.05) is 18.2 Å². The highest BCUT2D eigenvalue weighted by Crippen LogP contribution is 2.40. The van der Waals surface area contributed by atoms with E-state index in [4.69, 9.17) is 0 Å². The third kappa shape index (κ3) is 3.87. The van der Waals surface area contributed by atoms with Crippen LogP contribution in [0, 0.1) is 0 Å². The van der Waals surface area contributed by atoms with Crippen LogP contribution >= 0.6 is 11.8 Å². The number of nitrogens with one attached hydrogen (secondary N) is 2. The van der Waals surface area contributed by atoms with Crippen molar-refractivity contribution in [3.8, 4) is 0 Å². The van der Waals surface area contributed by atoms with Gasteiger partial charge >= 0.3 is 6.18 Å². The van der Waals surface area contributed by atoms with Crippen LogP contribution in [0.2, 0.25) is 0 Å². The van der Waals surface area contributed by atoms with Gasteiger partial charge in [-0.1, -0.05) is 6.07 Å². The second kappa shape index (κ2) is 7.16. The lowest BCUT2D eigenvalue weighted by Crippen LogP contribution is -2.32. The topological polar surface area (TPSA) is 58.2 Å². The summed E-state index contributed by atoms with van der Waals surface area (Å²) in [4.78, 5) is 25.2. The molecule has 0 bridgehead atoms. The Labute approximate surface area is 163 Å². The maximum absolute atomic E-state index is 12.8. The minimum absolute atomic E-state index is 0.0615. The van der Waals surface area contributed by atoms with Crippen molar-refractivity contribution in [1.29, 1.82) is 0 Å². The Morgan fingerprint density at radius 2 is 1.93 bits per heavy atom. The van der Waals surface area contributed by atoms with Crippen LogP contribution in [0.5, 0.6) is 0 Å². The Morgan fingerprint density at radius 3 is 2.71 bits per heavy atom. The number of thioether (sulfide) groups is 1. The van der Waals surface area contributed by atoms with Crippen LogP contribution in [-0.4, -0.2) is 17.1 Å². The molecule has 1 atom stereocenters. The molecule has 1 unspecified atom stereocenters. The van der Waals surface area contributed by atoms with E-state index >= 15 is 0 Å². The average molecular weight is 406 g/mol. The summed E-state index contributed by atoms with van der Waals surface area (Å²) in [7, 11) is 0. The number of aryl methyl sites for hydroxylation is 2. The molecule has 28 heavy (non-hydrogen) atoms. The van der Waals surface area contributed by atoms with E-state index in [0.29, 0.717) is 10.6 Å². The molecule has 4 nitrogen and oxygen atoms in total. The van der Waals surface area contributed by atoms with Crippen LogP contribution in [0.3, 0.4) is 0 Å². The largest absolute Gasteiger partial charge is 0.416 e. The first-order valence-corrected chi connectivity index (χ1v) is 9.78. The summed E-state index contributed by atoms with van der Waals surface area (Å²) in [6.07, 6.45) is -1.37. The Kier molecular flexibility index (Phi) is 4.82. The maximum Gasteiger partial charge on any atom is 0.416 e. The van der Waals surface area contributed by atoms with Crippen LogP contribution in [-0.2, 0) is 28.6 Å². The van der Waals surface area contributed by atoms with Crippen molar-refractivity contribution in [2.45, 2.75) is 42.0 Å². The molecule has 2 amide bonds. The highest BCUT2D eigenvalue weighted by molar-refractivity contribution is 8.01. The van der Waals surface area contributed by atoms with E-state index in [0.717, 1.165) is 43.2 Å². The first-order chi connectivity index (χ1) is 13.3. The van der Waals surface area contributed by atoms with Gasteiger partial charge in [-0.15, -0.1) is 11.8 Å². The smallest absolute Gasteiger partial charge is 0.326 e. The molecule has 0 spiro atoms. The van der Waals surface area contributed by atoms with Crippen LogP contribution in [0.25, 0.3) is 0 Å². The molecule has 8 heteroatoms. The maximum atomic E-state index is 12.8. The van der Waals surface area contributed by atoms with Gasteiger partial charge in [-0.2, -0.15) is 13.2 Å². The fraction of sp³-hybridized carbons (Fsp3) is 0.300. The zero-order valence-corrected chi connectivity index (χ0v) is 15.5. The number of halogens is 3. The molecule has 0 saturated heterocycles. The van der Waals surface area contributed by atoms with Crippen LogP contribution in [0.15, 0.2) is 41.3 Å². The number of carbonyl (C=O) groups excluding carboxylic acids is 2. The molecule has 0 aromatic heterocycles. The molecular weight excluding hydrogens is 389 g/mol. The molecule has 1 aliphatic heterocycles. The van der Waals surface area contributed by atoms with Gasteiger partial charge in [-0.3, -0.25) is 9.59 Å². The van der Waals surface area contributed by atoms with Crippen LogP contribution < -0.4 is 10.6 Å². The second-order valence-corrected chi connectivity index (χ2v) is 8.14. The van der Waals surface area contributed by atoms with E-state index in [1.165, 1.54) is 17.2 Å². The van der Waals surface area contributed by atoms with E-state index in [1.54, 1.807) is 0 Å². The van der Waals surface area contributed by atoms with E-state index < -0.39 is 22.9 Å². The minimum Gasteiger partial charge on any atom is -0.326 e. The number of hydrogen-bond acceptors (Lipinski definition) is 3. The van der Waals surface area contributed by atoms with Gasteiger partial charge in [-0.25, -0.2) is 0 Å². The van der Waals surface area contributed by atoms with Crippen LogP contribution in [0.4, 0.5) is 24.5 Å². The summed E-state index contributed by atoms with van der Waals surface area (Å²) < 4.78 is 38.5. The molecular formula is C20H17F3N2O2S. The highest BCUT2D eigenvalue weighted by Gasteiger charge is 2.34. The number of alkyl halides is 3. The normalized spacial score (nSPS) is 18.2. The fourth-order valence-corrected chi connectivity index (χ4v) is 4.58. The van der Waals surface area contributed by atoms with Crippen molar-refractivity contribution < 1.29 is 22.8 Å². The molecule has 2 aromatic rings. The predicted octanol–water partition coefficient (Wildman–Crippen LogP) is 4.64. The molecule has 0 fully saturated rings. The van der Waals surface area contributed by atoms with Gasteiger partial charge < -0.3 is 10.6 Å². The summed E-state index contributed by atoms with van der Waals surface area (Å²) in [5.74, 6) is -0.776. The van der Waals surface area contributed by atoms with Crippen molar-refractivity contribution >= 4 is 35.0 Å². The number of fused-ring (bicyclic) bond motifs is 2. The lowest BCUT2D eigenvalue weighted by molar-refractivity contribution is -0.137. The lowest BCUT2D eigenvalue weighted by atomic mass is 10.1. The molecule has 0 saturated carbocycles. The monoisotopic (exact) mass is 406 g/mol. The zero-order chi connectivity index (χ0) is 19.9. The third-order valence-electron chi connectivity index (χ3n) is 4.88. The molecule has 2 aliphatic rings. The lowest BCUT2D eigenvalue weighted by Gasteiger charge is -2.24. The number of rotatable bonds is 3. The van der Waals surface area contributed by atoms with Gasteiger partial charge in [0.25, 0.3) is 0 Å². The number of carbonyl (C=O) groups is 2. The van der Waals surface area contributed by atoms with Gasteiger partial charge in [0.2, 0.25) is 11.8 Å². The molecule has 2 N–H and O–H groups in total. The van der Waals surface area contributed by atoms with Gasteiger partial charge in [-0.05, 0) is 60.7 Å².